The number of allylic oxidation sites excluding steroid dienone is 1. The van der Waals surface area contributed by atoms with Crippen LogP contribution in [0.3, 0.4) is 0 Å². The Morgan fingerprint density at radius 3 is 2.50 bits per heavy atom. The molecule has 0 aromatic heterocycles. The molecule has 0 bridgehead atoms. The van der Waals surface area contributed by atoms with E-state index in [-0.39, 0.29) is 11.2 Å². The van der Waals surface area contributed by atoms with Crippen molar-refractivity contribution in [2.45, 2.75) is 53.4 Å². The van der Waals surface area contributed by atoms with Gasteiger partial charge in [-0.25, -0.2) is 4.39 Å². The highest BCUT2D eigenvalue weighted by molar-refractivity contribution is 5.22. The Balaban J connectivity index is 2.37. The summed E-state index contributed by atoms with van der Waals surface area (Å²) < 4.78 is 18.2. The number of hydrogen-bond acceptors (Lipinski definition) is 1. The summed E-state index contributed by atoms with van der Waals surface area (Å²) >= 11 is 0. The Morgan fingerprint density at radius 1 is 1.25 bits per heavy atom. The van der Waals surface area contributed by atoms with E-state index >= 15 is 0 Å². The first-order valence-electron chi connectivity index (χ1n) is 7.50. The van der Waals surface area contributed by atoms with Crippen molar-refractivity contribution in [1.82, 2.24) is 0 Å². The van der Waals surface area contributed by atoms with E-state index in [1.54, 1.807) is 18.4 Å². The van der Waals surface area contributed by atoms with E-state index in [4.69, 9.17) is 4.74 Å². The van der Waals surface area contributed by atoms with Crippen LogP contribution in [0.1, 0.15) is 53.4 Å². The summed E-state index contributed by atoms with van der Waals surface area (Å²) in [6.07, 6.45) is 8.52. The highest BCUT2D eigenvalue weighted by Gasteiger charge is 2.19. The number of rotatable bonds is 8. The molecule has 1 aromatic carbocycles. The number of benzene rings is 1. The van der Waals surface area contributed by atoms with E-state index in [0.717, 1.165) is 12.3 Å². The summed E-state index contributed by atoms with van der Waals surface area (Å²) in [7, 11) is 0. The average Bonchev–Trinajstić information content (AvgIpc) is 2.36. The standard InChI is InChI=1S/C18H27FO/c1-5-7-15(2)14-18(3,4)12-6-13-20-17-10-8-16(19)9-11-17/h6,8-11,13,15H,5,7,12,14H2,1-4H3. The van der Waals surface area contributed by atoms with Crippen LogP contribution >= 0.6 is 0 Å². The topological polar surface area (TPSA) is 9.23 Å². The smallest absolute Gasteiger partial charge is 0.126 e. The SMILES string of the molecule is CCCC(C)CC(C)(C)CC=COc1ccc(F)cc1. The zero-order chi connectivity index (χ0) is 15.0. The molecular formula is C18H27FO. The second-order valence-electron chi connectivity index (χ2n) is 6.41. The molecule has 2 heteroatoms. The Labute approximate surface area is 122 Å². The molecule has 20 heavy (non-hydrogen) atoms. The molecule has 0 aliphatic rings. The summed E-state index contributed by atoms with van der Waals surface area (Å²) in [5.74, 6) is 1.19. The molecule has 0 saturated carbocycles. The molecule has 0 amide bonds. The molecule has 0 spiro atoms. The first kappa shape index (κ1) is 16.7. The fourth-order valence-corrected chi connectivity index (χ4v) is 2.63. The fourth-order valence-electron chi connectivity index (χ4n) is 2.63. The van der Waals surface area contributed by atoms with Gasteiger partial charge in [-0.05, 0) is 54.5 Å². The van der Waals surface area contributed by atoms with Crippen LogP contribution < -0.4 is 4.74 Å². The van der Waals surface area contributed by atoms with E-state index in [0.29, 0.717) is 5.75 Å². The third kappa shape index (κ3) is 6.74. The van der Waals surface area contributed by atoms with Gasteiger partial charge in [0.1, 0.15) is 11.6 Å². The molecule has 1 rings (SSSR count). The molecule has 0 radical (unpaired) electrons. The quantitative estimate of drug-likeness (QED) is 0.533. The van der Waals surface area contributed by atoms with E-state index in [1.807, 2.05) is 0 Å². The van der Waals surface area contributed by atoms with Crippen LogP contribution in [-0.4, -0.2) is 0 Å². The van der Waals surface area contributed by atoms with Crippen LogP contribution in [0.2, 0.25) is 0 Å². The normalized spacial score (nSPS) is 13.7. The van der Waals surface area contributed by atoms with Crippen LogP contribution in [-0.2, 0) is 0 Å². The van der Waals surface area contributed by atoms with E-state index in [9.17, 15) is 4.39 Å². The molecule has 0 saturated heterocycles. The van der Waals surface area contributed by atoms with Crippen molar-refractivity contribution in [3.63, 3.8) is 0 Å². The Morgan fingerprint density at radius 2 is 1.90 bits per heavy atom. The van der Waals surface area contributed by atoms with Crippen molar-refractivity contribution in [1.29, 1.82) is 0 Å². The minimum Gasteiger partial charge on any atom is -0.465 e. The van der Waals surface area contributed by atoms with E-state index in [1.165, 1.54) is 31.4 Å². The largest absolute Gasteiger partial charge is 0.465 e. The van der Waals surface area contributed by atoms with Crippen LogP contribution in [0, 0.1) is 17.2 Å². The highest BCUT2D eigenvalue weighted by Crippen LogP contribution is 2.31. The molecule has 0 heterocycles. The Kier molecular flexibility index (Phi) is 6.77. The van der Waals surface area contributed by atoms with Crippen LogP contribution in [0.5, 0.6) is 5.75 Å². The Hall–Kier alpha value is -1.31. The monoisotopic (exact) mass is 278 g/mol. The zero-order valence-corrected chi connectivity index (χ0v) is 13.2. The van der Waals surface area contributed by atoms with Crippen molar-refractivity contribution < 1.29 is 9.13 Å². The van der Waals surface area contributed by atoms with Crippen molar-refractivity contribution in [3.05, 3.63) is 42.4 Å². The van der Waals surface area contributed by atoms with Crippen molar-refractivity contribution in [2.24, 2.45) is 11.3 Å². The summed E-state index contributed by atoms with van der Waals surface area (Å²) in [5, 5.41) is 0. The molecule has 112 valence electrons. The lowest BCUT2D eigenvalue weighted by Crippen LogP contribution is -2.14. The lowest BCUT2D eigenvalue weighted by molar-refractivity contribution is 0.269. The number of halogens is 1. The molecule has 1 atom stereocenters. The minimum atomic E-state index is -0.243. The van der Waals surface area contributed by atoms with Gasteiger partial charge in [-0.3, -0.25) is 0 Å². The Bertz CT molecular complexity index is 406. The summed E-state index contributed by atoms with van der Waals surface area (Å²) in [6, 6.07) is 6.07. The van der Waals surface area contributed by atoms with E-state index in [2.05, 4.69) is 33.8 Å². The van der Waals surface area contributed by atoms with Gasteiger partial charge in [0.15, 0.2) is 0 Å². The van der Waals surface area contributed by atoms with Gasteiger partial charge in [-0.1, -0.05) is 40.5 Å². The van der Waals surface area contributed by atoms with Crippen molar-refractivity contribution >= 4 is 0 Å². The van der Waals surface area contributed by atoms with Gasteiger partial charge in [0, 0.05) is 0 Å². The third-order valence-corrected chi connectivity index (χ3v) is 3.47. The molecule has 0 N–H and O–H groups in total. The predicted molar refractivity (Wildman–Crippen MR) is 83.3 cm³/mol. The van der Waals surface area contributed by atoms with Crippen molar-refractivity contribution in [2.75, 3.05) is 0 Å². The third-order valence-electron chi connectivity index (χ3n) is 3.47. The lowest BCUT2D eigenvalue weighted by atomic mass is 9.79. The lowest BCUT2D eigenvalue weighted by Gasteiger charge is -2.26. The molecule has 1 aromatic rings. The summed E-state index contributed by atoms with van der Waals surface area (Å²) in [4.78, 5) is 0. The second kappa shape index (κ2) is 8.08. The molecule has 0 aliphatic heterocycles. The highest BCUT2D eigenvalue weighted by atomic mass is 19.1. The van der Waals surface area contributed by atoms with Gasteiger partial charge in [0.25, 0.3) is 0 Å². The van der Waals surface area contributed by atoms with Crippen LogP contribution in [0.4, 0.5) is 4.39 Å². The van der Waals surface area contributed by atoms with Gasteiger partial charge in [0.05, 0.1) is 6.26 Å². The van der Waals surface area contributed by atoms with Gasteiger partial charge < -0.3 is 4.74 Å². The second-order valence-corrected chi connectivity index (χ2v) is 6.41. The molecule has 1 unspecified atom stereocenters. The van der Waals surface area contributed by atoms with Crippen LogP contribution in [0.15, 0.2) is 36.6 Å². The molecule has 0 fully saturated rings. The maximum absolute atomic E-state index is 12.7. The summed E-state index contributed by atoms with van der Waals surface area (Å²) in [5.41, 5.74) is 0.289. The fraction of sp³-hybridized carbons (Fsp3) is 0.556. The first-order valence-corrected chi connectivity index (χ1v) is 7.50. The average molecular weight is 278 g/mol. The van der Waals surface area contributed by atoms with Crippen LogP contribution in [0.25, 0.3) is 0 Å². The van der Waals surface area contributed by atoms with Gasteiger partial charge in [-0.15, -0.1) is 0 Å². The first-order chi connectivity index (χ1) is 9.43. The van der Waals surface area contributed by atoms with Crippen molar-refractivity contribution in [3.8, 4) is 5.75 Å². The number of ether oxygens (including phenoxy) is 1. The maximum Gasteiger partial charge on any atom is 0.126 e. The minimum absolute atomic E-state index is 0.243. The van der Waals surface area contributed by atoms with Gasteiger partial charge >= 0.3 is 0 Å². The summed E-state index contributed by atoms with van der Waals surface area (Å²) in [6.45, 7) is 9.15. The number of hydrogen-bond donors (Lipinski definition) is 0. The predicted octanol–water partition coefficient (Wildman–Crippen LogP) is 5.96. The maximum atomic E-state index is 12.7. The van der Waals surface area contributed by atoms with Gasteiger partial charge in [0.2, 0.25) is 0 Å². The van der Waals surface area contributed by atoms with E-state index < -0.39 is 0 Å². The van der Waals surface area contributed by atoms with Gasteiger partial charge in [-0.2, -0.15) is 0 Å². The molecular weight excluding hydrogens is 251 g/mol. The molecule has 1 nitrogen and oxygen atoms in total. The molecule has 0 aliphatic carbocycles. The zero-order valence-electron chi connectivity index (χ0n) is 13.2.